The molecular formula is C11H20ClN3. The van der Waals surface area contributed by atoms with Crippen molar-refractivity contribution < 1.29 is 0 Å². The van der Waals surface area contributed by atoms with Crippen molar-refractivity contribution in [1.82, 2.24) is 15.1 Å². The Kier molecular flexibility index (Phi) is 5.73. The van der Waals surface area contributed by atoms with E-state index >= 15 is 0 Å². The van der Waals surface area contributed by atoms with E-state index in [2.05, 4.69) is 24.3 Å². The first-order chi connectivity index (χ1) is 7.24. The van der Waals surface area contributed by atoms with Gasteiger partial charge in [0.25, 0.3) is 0 Å². The van der Waals surface area contributed by atoms with Gasteiger partial charge in [-0.05, 0) is 19.9 Å². The van der Waals surface area contributed by atoms with E-state index in [0.29, 0.717) is 11.1 Å². The van der Waals surface area contributed by atoms with E-state index in [1.54, 1.807) is 6.20 Å². The Morgan fingerprint density at radius 3 is 2.93 bits per heavy atom. The van der Waals surface area contributed by atoms with Gasteiger partial charge in [-0.3, -0.25) is 4.68 Å². The fourth-order valence-corrected chi connectivity index (χ4v) is 1.60. The van der Waals surface area contributed by atoms with Crippen LogP contribution in [0.15, 0.2) is 12.4 Å². The predicted octanol–water partition coefficient (Wildman–Crippen LogP) is 2.88. The molecule has 0 amide bonds. The molecule has 1 rings (SSSR count). The Bertz CT molecular complexity index is 273. The predicted molar refractivity (Wildman–Crippen MR) is 64.3 cm³/mol. The minimum Gasteiger partial charge on any atom is -0.315 e. The van der Waals surface area contributed by atoms with Gasteiger partial charge in [0, 0.05) is 12.7 Å². The van der Waals surface area contributed by atoms with Crippen molar-refractivity contribution in [3.63, 3.8) is 0 Å². The first kappa shape index (κ1) is 12.5. The second-order valence-corrected chi connectivity index (χ2v) is 4.34. The zero-order valence-corrected chi connectivity index (χ0v) is 10.3. The summed E-state index contributed by atoms with van der Waals surface area (Å²) in [6.45, 7) is 6.39. The summed E-state index contributed by atoms with van der Waals surface area (Å²) in [6, 6.07) is 0.360. The summed E-state index contributed by atoms with van der Waals surface area (Å²) in [5, 5.41) is 8.30. The first-order valence-electron chi connectivity index (χ1n) is 5.64. The number of nitrogens with one attached hydrogen (secondary N) is 1. The smallest absolute Gasteiger partial charge is 0.0785 e. The Morgan fingerprint density at radius 2 is 2.33 bits per heavy atom. The average Bonchev–Trinajstić information content (AvgIpc) is 2.64. The SMILES string of the molecule is CCCCCNCC(C)n1cc(Cl)cn1. The van der Waals surface area contributed by atoms with E-state index in [9.17, 15) is 0 Å². The molecule has 15 heavy (non-hydrogen) atoms. The van der Waals surface area contributed by atoms with E-state index < -0.39 is 0 Å². The van der Waals surface area contributed by atoms with Gasteiger partial charge in [0.05, 0.1) is 17.3 Å². The fourth-order valence-electron chi connectivity index (χ4n) is 1.46. The molecule has 1 atom stereocenters. The molecule has 0 aromatic carbocycles. The molecule has 0 saturated carbocycles. The molecule has 0 aliphatic heterocycles. The highest BCUT2D eigenvalue weighted by molar-refractivity contribution is 6.30. The third kappa shape index (κ3) is 4.67. The summed E-state index contributed by atoms with van der Waals surface area (Å²) in [4.78, 5) is 0. The highest BCUT2D eigenvalue weighted by Gasteiger charge is 2.04. The second-order valence-electron chi connectivity index (χ2n) is 3.90. The molecule has 0 radical (unpaired) electrons. The minimum absolute atomic E-state index is 0.360. The van der Waals surface area contributed by atoms with E-state index in [4.69, 9.17) is 11.6 Å². The van der Waals surface area contributed by atoms with Gasteiger partial charge in [-0.2, -0.15) is 5.10 Å². The van der Waals surface area contributed by atoms with Gasteiger partial charge < -0.3 is 5.32 Å². The molecule has 0 fully saturated rings. The third-order valence-corrected chi connectivity index (χ3v) is 2.61. The zero-order valence-electron chi connectivity index (χ0n) is 9.54. The molecule has 0 aliphatic rings. The number of halogens is 1. The lowest BCUT2D eigenvalue weighted by Gasteiger charge is -2.12. The van der Waals surface area contributed by atoms with Gasteiger partial charge in [-0.15, -0.1) is 0 Å². The van der Waals surface area contributed by atoms with Crippen LogP contribution in [0.5, 0.6) is 0 Å². The van der Waals surface area contributed by atoms with Crippen LogP contribution in [0.4, 0.5) is 0 Å². The molecule has 3 nitrogen and oxygen atoms in total. The maximum atomic E-state index is 5.80. The quantitative estimate of drug-likeness (QED) is 0.729. The molecule has 4 heteroatoms. The minimum atomic E-state index is 0.360. The number of unbranched alkanes of at least 4 members (excludes halogenated alkanes) is 2. The molecule has 0 saturated heterocycles. The Labute approximate surface area is 96.8 Å². The molecule has 1 N–H and O–H groups in total. The summed E-state index contributed by atoms with van der Waals surface area (Å²) in [5.74, 6) is 0. The fraction of sp³-hybridized carbons (Fsp3) is 0.727. The molecule has 1 aromatic heterocycles. The molecule has 0 bridgehead atoms. The molecule has 0 spiro atoms. The van der Waals surface area contributed by atoms with E-state index in [1.165, 1.54) is 19.3 Å². The lowest BCUT2D eigenvalue weighted by atomic mass is 10.2. The summed E-state index contributed by atoms with van der Waals surface area (Å²) in [5.41, 5.74) is 0. The van der Waals surface area contributed by atoms with Crippen LogP contribution in [-0.4, -0.2) is 22.9 Å². The van der Waals surface area contributed by atoms with Crippen LogP contribution in [0.1, 0.15) is 39.2 Å². The monoisotopic (exact) mass is 229 g/mol. The van der Waals surface area contributed by atoms with Crippen molar-refractivity contribution in [2.24, 2.45) is 0 Å². The Balaban J connectivity index is 2.16. The van der Waals surface area contributed by atoms with Gasteiger partial charge in [0.2, 0.25) is 0 Å². The first-order valence-corrected chi connectivity index (χ1v) is 6.02. The van der Waals surface area contributed by atoms with Crippen molar-refractivity contribution in [1.29, 1.82) is 0 Å². The summed E-state index contributed by atoms with van der Waals surface area (Å²) < 4.78 is 1.90. The zero-order chi connectivity index (χ0) is 11.1. The highest BCUT2D eigenvalue weighted by atomic mass is 35.5. The van der Waals surface area contributed by atoms with Crippen molar-refractivity contribution in [3.05, 3.63) is 17.4 Å². The number of aromatic nitrogens is 2. The van der Waals surface area contributed by atoms with Crippen LogP contribution in [0.2, 0.25) is 5.02 Å². The lowest BCUT2D eigenvalue weighted by molar-refractivity contribution is 0.449. The lowest BCUT2D eigenvalue weighted by Crippen LogP contribution is -2.24. The molecule has 0 aliphatic carbocycles. The number of nitrogens with zero attached hydrogens (tertiary/aromatic N) is 2. The third-order valence-electron chi connectivity index (χ3n) is 2.42. The molecule has 86 valence electrons. The van der Waals surface area contributed by atoms with Gasteiger partial charge in [0.1, 0.15) is 0 Å². The van der Waals surface area contributed by atoms with Crippen LogP contribution < -0.4 is 5.32 Å². The molecule has 1 heterocycles. The Morgan fingerprint density at radius 1 is 1.53 bits per heavy atom. The van der Waals surface area contributed by atoms with Gasteiger partial charge in [-0.25, -0.2) is 0 Å². The van der Waals surface area contributed by atoms with E-state index in [-0.39, 0.29) is 0 Å². The summed E-state index contributed by atoms with van der Waals surface area (Å²) in [6.07, 6.45) is 7.36. The van der Waals surface area contributed by atoms with E-state index in [0.717, 1.165) is 13.1 Å². The highest BCUT2D eigenvalue weighted by Crippen LogP contribution is 2.09. The number of rotatable bonds is 7. The van der Waals surface area contributed by atoms with Crippen molar-refractivity contribution in [3.8, 4) is 0 Å². The van der Waals surface area contributed by atoms with Crippen LogP contribution in [0.25, 0.3) is 0 Å². The maximum absolute atomic E-state index is 5.80. The second kappa shape index (κ2) is 6.85. The van der Waals surface area contributed by atoms with Crippen molar-refractivity contribution in [2.45, 2.75) is 39.2 Å². The normalized spacial score (nSPS) is 13.0. The van der Waals surface area contributed by atoms with Gasteiger partial charge >= 0.3 is 0 Å². The summed E-state index contributed by atoms with van der Waals surface area (Å²) >= 11 is 5.80. The topological polar surface area (TPSA) is 29.9 Å². The number of hydrogen-bond acceptors (Lipinski definition) is 2. The molecule has 1 unspecified atom stereocenters. The maximum Gasteiger partial charge on any atom is 0.0785 e. The van der Waals surface area contributed by atoms with Crippen LogP contribution in [0.3, 0.4) is 0 Å². The largest absolute Gasteiger partial charge is 0.315 e. The van der Waals surface area contributed by atoms with E-state index in [1.807, 2.05) is 10.9 Å². The summed E-state index contributed by atoms with van der Waals surface area (Å²) in [7, 11) is 0. The van der Waals surface area contributed by atoms with Crippen LogP contribution in [0, 0.1) is 0 Å². The molecule has 1 aromatic rings. The van der Waals surface area contributed by atoms with Crippen LogP contribution in [-0.2, 0) is 0 Å². The molecular weight excluding hydrogens is 210 g/mol. The van der Waals surface area contributed by atoms with Gasteiger partial charge in [0.15, 0.2) is 0 Å². The van der Waals surface area contributed by atoms with Crippen molar-refractivity contribution in [2.75, 3.05) is 13.1 Å². The van der Waals surface area contributed by atoms with Crippen LogP contribution >= 0.6 is 11.6 Å². The standard InChI is InChI=1S/C11H20ClN3/c1-3-4-5-6-13-7-10(2)15-9-11(12)8-14-15/h8-10,13H,3-7H2,1-2H3. The average molecular weight is 230 g/mol. The van der Waals surface area contributed by atoms with Crippen molar-refractivity contribution >= 4 is 11.6 Å². The Hall–Kier alpha value is -0.540. The van der Waals surface area contributed by atoms with Gasteiger partial charge in [-0.1, -0.05) is 31.4 Å². The number of hydrogen-bond donors (Lipinski definition) is 1.